The summed E-state index contributed by atoms with van der Waals surface area (Å²) in [6, 6.07) is 11.3. The molecule has 1 N–H and O–H groups in total. The van der Waals surface area contributed by atoms with Crippen LogP contribution in [-0.2, 0) is 0 Å². The highest BCUT2D eigenvalue weighted by atomic mass is 35.5. The van der Waals surface area contributed by atoms with Gasteiger partial charge in [-0.15, -0.1) is 0 Å². The molecule has 2 rings (SSSR count). The van der Waals surface area contributed by atoms with Crippen LogP contribution in [0.1, 0.15) is 30.4 Å². The molecule has 0 radical (unpaired) electrons. The van der Waals surface area contributed by atoms with Gasteiger partial charge in [0.2, 0.25) is 0 Å². The van der Waals surface area contributed by atoms with Gasteiger partial charge < -0.3 is 9.52 Å². The lowest BCUT2D eigenvalue weighted by Gasteiger charge is -2.26. The fourth-order valence-corrected chi connectivity index (χ4v) is 2.28. The smallest absolute Gasteiger partial charge is 0.120 e. The first-order valence-corrected chi connectivity index (χ1v) is 6.63. The maximum atomic E-state index is 10.3. The summed E-state index contributed by atoms with van der Waals surface area (Å²) in [6.45, 7) is 2.53. The van der Waals surface area contributed by atoms with Crippen molar-refractivity contribution < 1.29 is 9.52 Å². The zero-order valence-corrected chi connectivity index (χ0v) is 11.8. The summed E-state index contributed by atoms with van der Waals surface area (Å²) in [7, 11) is 1.95. The van der Waals surface area contributed by atoms with Crippen molar-refractivity contribution in [3.8, 4) is 0 Å². The molecule has 102 valence electrons. The van der Waals surface area contributed by atoms with Crippen LogP contribution < -0.4 is 0 Å². The van der Waals surface area contributed by atoms with Gasteiger partial charge in [-0.3, -0.25) is 4.90 Å². The number of halogens is 1. The second kappa shape index (κ2) is 6.24. The number of aliphatic hydroxyl groups is 1. The van der Waals surface area contributed by atoms with Crippen molar-refractivity contribution in [2.75, 3.05) is 13.6 Å². The first kappa shape index (κ1) is 14.1. The largest absolute Gasteiger partial charge is 0.468 e. The molecule has 0 aliphatic carbocycles. The monoisotopic (exact) mass is 279 g/mol. The molecule has 4 heteroatoms. The number of hydrogen-bond acceptors (Lipinski definition) is 3. The van der Waals surface area contributed by atoms with Crippen LogP contribution in [0.5, 0.6) is 0 Å². The van der Waals surface area contributed by atoms with Crippen molar-refractivity contribution in [1.82, 2.24) is 4.90 Å². The molecule has 0 bridgehead atoms. The van der Waals surface area contributed by atoms with E-state index in [1.54, 1.807) is 12.3 Å². The standard InChI is InChI=1S/C15H18ClNO2/c1-11(15-8-5-9-19-15)17(2)10-14(18)12-6-3-4-7-13(12)16/h3-9,11,14,18H,10H2,1-2H3. The number of rotatable bonds is 5. The Hall–Kier alpha value is -1.29. The molecule has 0 saturated heterocycles. The van der Waals surface area contributed by atoms with Crippen molar-refractivity contribution >= 4 is 11.6 Å². The van der Waals surface area contributed by atoms with Crippen molar-refractivity contribution in [1.29, 1.82) is 0 Å². The van der Waals surface area contributed by atoms with E-state index in [1.807, 2.05) is 49.2 Å². The van der Waals surface area contributed by atoms with Gasteiger partial charge in [0.1, 0.15) is 5.76 Å². The normalized spacial score (nSPS) is 14.6. The zero-order chi connectivity index (χ0) is 13.8. The molecule has 1 heterocycles. The zero-order valence-electron chi connectivity index (χ0n) is 11.1. The Labute approximate surface area is 118 Å². The Kier molecular flexibility index (Phi) is 4.64. The summed E-state index contributed by atoms with van der Waals surface area (Å²) < 4.78 is 5.38. The Bertz CT molecular complexity index is 513. The van der Waals surface area contributed by atoms with Crippen molar-refractivity contribution in [3.63, 3.8) is 0 Å². The van der Waals surface area contributed by atoms with Gasteiger partial charge >= 0.3 is 0 Å². The molecule has 0 aliphatic rings. The van der Waals surface area contributed by atoms with Gasteiger partial charge in [0.25, 0.3) is 0 Å². The number of likely N-dealkylation sites (N-methyl/N-ethyl adjacent to an activating group) is 1. The molecule has 1 aromatic heterocycles. The van der Waals surface area contributed by atoms with E-state index in [9.17, 15) is 5.11 Å². The van der Waals surface area contributed by atoms with E-state index in [4.69, 9.17) is 16.0 Å². The molecular weight excluding hydrogens is 262 g/mol. The highest BCUT2D eigenvalue weighted by Crippen LogP contribution is 2.26. The fourth-order valence-electron chi connectivity index (χ4n) is 2.02. The molecule has 0 aliphatic heterocycles. The lowest BCUT2D eigenvalue weighted by Crippen LogP contribution is -2.27. The van der Waals surface area contributed by atoms with Crippen LogP contribution in [-0.4, -0.2) is 23.6 Å². The maximum absolute atomic E-state index is 10.3. The van der Waals surface area contributed by atoms with Crippen molar-refractivity contribution in [2.45, 2.75) is 19.1 Å². The molecule has 2 unspecified atom stereocenters. The quantitative estimate of drug-likeness (QED) is 0.907. The average molecular weight is 280 g/mol. The predicted octanol–water partition coefficient (Wildman–Crippen LogP) is 3.66. The van der Waals surface area contributed by atoms with Gasteiger partial charge in [0.05, 0.1) is 18.4 Å². The molecule has 0 saturated carbocycles. The van der Waals surface area contributed by atoms with Gasteiger partial charge in [-0.05, 0) is 32.2 Å². The van der Waals surface area contributed by atoms with E-state index in [0.29, 0.717) is 11.6 Å². The van der Waals surface area contributed by atoms with Gasteiger partial charge in [-0.2, -0.15) is 0 Å². The van der Waals surface area contributed by atoms with Gasteiger partial charge in [-0.25, -0.2) is 0 Å². The summed E-state index contributed by atoms with van der Waals surface area (Å²) >= 11 is 6.08. The number of aliphatic hydroxyl groups excluding tert-OH is 1. The SMILES string of the molecule is CC(c1ccco1)N(C)CC(O)c1ccccc1Cl. The fraction of sp³-hybridized carbons (Fsp3) is 0.333. The third kappa shape index (κ3) is 3.38. The highest BCUT2D eigenvalue weighted by molar-refractivity contribution is 6.31. The second-order valence-electron chi connectivity index (χ2n) is 4.67. The molecule has 0 spiro atoms. The van der Waals surface area contributed by atoms with Gasteiger partial charge in [-0.1, -0.05) is 29.8 Å². The van der Waals surface area contributed by atoms with Gasteiger partial charge in [0, 0.05) is 17.1 Å². The molecule has 0 amide bonds. The van der Waals surface area contributed by atoms with E-state index in [2.05, 4.69) is 0 Å². The minimum absolute atomic E-state index is 0.104. The maximum Gasteiger partial charge on any atom is 0.120 e. The van der Waals surface area contributed by atoms with Crippen LogP contribution in [0.4, 0.5) is 0 Å². The Morgan fingerprint density at radius 3 is 2.63 bits per heavy atom. The van der Waals surface area contributed by atoms with Crippen LogP contribution in [0.15, 0.2) is 47.1 Å². The third-order valence-electron chi connectivity index (χ3n) is 3.34. The molecule has 3 nitrogen and oxygen atoms in total. The molecule has 19 heavy (non-hydrogen) atoms. The average Bonchev–Trinajstić information content (AvgIpc) is 2.92. The summed E-state index contributed by atoms with van der Waals surface area (Å²) in [5, 5.41) is 10.9. The first-order chi connectivity index (χ1) is 9.09. The predicted molar refractivity (Wildman–Crippen MR) is 76.2 cm³/mol. The third-order valence-corrected chi connectivity index (χ3v) is 3.69. The van der Waals surface area contributed by atoms with Crippen molar-refractivity contribution in [2.24, 2.45) is 0 Å². The molecule has 2 atom stereocenters. The molecular formula is C15H18ClNO2. The van der Waals surface area contributed by atoms with E-state index < -0.39 is 6.10 Å². The lowest BCUT2D eigenvalue weighted by atomic mass is 10.1. The van der Waals surface area contributed by atoms with Crippen LogP contribution in [0.25, 0.3) is 0 Å². The van der Waals surface area contributed by atoms with E-state index in [-0.39, 0.29) is 6.04 Å². The molecule has 2 aromatic rings. The number of nitrogens with zero attached hydrogens (tertiary/aromatic N) is 1. The summed E-state index contributed by atoms with van der Waals surface area (Å²) in [4.78, 5) is 2.03. The second-order valence-corrected chi connectivity index (χ2v) is 5.08. The minimum Gasteiger partial charge on any atom is -0.468 e. The molecule has 1 aromatic carbocycles. The Balaban J connectivity index is 2.03. The van der Waals surface area contributed by atoms with Gasteiger partial charge in [0.15, 0.2) is 0 Å². The summed E-state index contributed by atoms with van der Waals surface area (Å²) in [5.74, 6) is 0.883. The lowest BCUT2D eigenvalue weighted by molar-refractivity contribution is 0.102. The number of furan rings is 1. The van der Waals surface area contributed by atoms with Crippen LogP contribution in [0, 0.1) is 0 Å². The highest BCUT2D eigenvalue weighted by Gasteiger charge is 2.19. The molecule has 0 fully saturated rings. The number of benzene rings is 1. The van der Waals surface area contributed by atoms with Crippen molar-refractivity contribution in [3.05, 3.63) is 59.0 Å². The minimum atomic E-state index is -0.615. The summed E-state index contributed by atoms with van der Waals surface area (Å²) in [6.07, 6.45) is 1.04. The number of hydrogen-bond donors (Lipinski definition) is 1. The van der Waals surface area contributed by atoms with E-state index >= 15 is 0 Å². The summed E-state index contributed by atoms with van der Waals surface area (Å²) in [5.41, 5.74) is 0.752. The van der Waals surface area contributed by atoms with Crippen LogP contribution in [0.3, 0.4) is 0 Å². The van der Waals surface area contributed by atoms with E-state index in [1.165, 1.54) is 0 Å². The Morgan fingerprint density at radius 2 is 2.00 bits per heavy atom. The van der Waals surface area contributed by atoms with E-state index in [0.717, 1.165) is 11.3 Å². The Morgan fingerprint density at radius 1 is 1.26 bits per heavy atom. The topological polar surface area (TPSA) is 36.6 Å². The van der Waals surface area contributed by atoms with Crippen LogP contribution >= 0.6 is 11.6 Å². The first-order valence-electron chi connectivity index (χ1n) is 6.25. The van der Waals surface area contributed by atoms with Crippen LogP contribution in [0.2, 0.25) is 5.02 Å².